The molecule has 1 aromatic heterocycles. The first-order valence-corrected chi connectivity index (χ1v) is 7.17. The van der Waals surface area contributed by atoms with E-state index in [1.807, 2.05) is 13.2 Å². The topological polar surface area (TPSA) is 27.1 Å². The Labute approximate surface area is 128 Å². The minimum atomic E-state index is -0.379. The number of aryl methyl sites for hydroxylation is 1. The second kappa shape index (κ2) is 7.70. The molecule has 1 heterocycles. The van der Waals surface area contributed by atoms with E-state index in [2.05, 4.69) is 16.9 Å². The van der Waals surface area contributed by atoms with Gasteiger partial charge in [-0.05, 0) is 17.7 Å². The van der Waals surface area contributed by atoms with Crippen LogP contribution >= 0.6 is 11.6 Å². The van der Waals surface area contributed by atoms with Crippen LogP contribution in [0.1, 0.15) is 17.5 Å². The summed E-state index contributed by atoms with van der Waals surface area (Å²) in [4.78, 5) is 0. The fourth-order valence-electron chi connectivity index (χ4n) is 1.78. The molecular weight excluding hydrogens is 291 g/mol. The van der Waals surface area contributed by atoms with Crippen LogP contribution in [0.4, 0.5) is 4.39 Å². The monoisotopic (exact) mass is 306 g/mol. The Morgan fingerprint density at radius 2 is 2.29 bits per heavy atom. The average molecular weight is 307 g/mol. The summed E-state index contributed by atoms with van der Waals surface area (Å²) in [6.07, 6.45) is 5.00. The van der Waals surface area contributed by atoms with Crippen LogP contribution in [0.5, 0.6) is 5.75 Å². The van der Waals surface area contributed by atoms with Gasteiger partial charge in [-0.1, -0.05) is 11.8 Å². The van der Waals surface area contributed by atoms with Crippen LogP contribution in [-0.4, -0.2) is 22.3 Å². The number of rotatable bonds is 5. The number of alkyl halides is 1. The Bertz CT molecular complexity index is 658. The molecule has 0 saturated carbocycles. The third-order valence-electron chi connectivity index (χ3n) is 2.80. The summed E-state index contributed by atoms with van der Waals surface area (Å²) in [5.41, 5.74) is 1.45. The Balaban J connectivity index is 1.90. The maximum Gasteiger partial charge on any atom is 0.142 e. The van der Waals surface area contributed by atoms with Gasteiger partial charge in [0.25, 0.3) is 0 Å². The van der Waals surface area contributed by atoms with Gasteiger partial charge in [0, 0.05) is 38.0 Å². The summed E-state index contributed by atoms with van der Waals surface area (Å²) in [6, 6.07) is 4.70. The van der Waals surface area contributed by atoms with Gasteiger partial charge in [-0.15, -0.1) is 11.6 Å². The highest BCUT2D eigenvalue weighted by atomic mass is 35.5. The van der Waals surface area contributed by atoms with Gasteiger partial charge in [0.2, 0.25) is 0 Å². The first-order valence-electron chi connectivity index (χ1n) is 6.64. The zero-order valence-electron chi connectivity index (χ0n) is 11.8. The smallest absolute Gasteiger partial charge is 0.142 e. The number of halogens is 2. The minimum Gasteiger partial charge on any atom is -0.493 e. The normalized spacial score (nSPS) is 10.0. The van der Waals surface area contributed by atoms with Crippen LogP contribution in [0.3, 0.4) is 0 Å². The molecule has 2 rings (SSSR count). The van der Waals surface area contributed by atoms with Gasteiger partial charge in [-0.2, -0.15) is 5.10 Å². The minimum absolute atomic E-state index is 0.361. The van der Waals surface area contributed by atoms with Crippen molar-refractivity contribution in [1.29, 1.82) is 0 Å². The zero-order chi connectivity index (χ0) is 15.1. The van der Waals surface area contributed by atoms with E-state index in [4.69, 9.17) is 16.3 Å². The predicted molar refractivity (Wildman–Crippen MR) is 81.0 cm³/mol. The van der Waals surface area contributed by atoms with Crippen LogP contribution < -0.4 is 4.74 Å². The van der Waals surface area contributed by atoms with Crippen molar-refractivity contribution in [2.45, 2.75) is 12.8 Å². The lowest BCUT2D eigenvalue weighted by Crippen LogP contribution is -2.01. The van der Waals surface area contributed by atoms with Gasteiger partial charge < -0.3 is 4.74 Å². The third kappa shape index (κ3) is 4.80. The number of nitrogens with zero attached hydrogens (tertiary/aromatic N) is 2. The van der Waals surface area contributed by atoms with Crippen molar-refractivity contribution in [2.75, 3.05) is 12.5 Å². The molecule has 3 nitrogen and oxygen atoms in total. The van der Waals surface area contributed by atoms with Crippen molar-refractivity contribution in [3.8, 4) is 17.6 Å². The highest BCUT2D eigenvalue weighted by Gasteiger charge is 2.03. The van der Waals surface area contributed by atoms with Gasteiger partial charge in [-0.3, -0.25) is 4.68 Å². The molecule has 0 saturated heterocycles. The van der Waals surface area contributed by atoms with Crippen molar-refractivity contribution in [2.24, 2.45) is 7.05 Å². The SMILES string of the molecule is Cn1cc(CCOc2ccc(C#CCCCl)c(F)c2)cn1. The van der Waals surface area contributed by atoms with Crippen molar-refractivity contribution in [3.63, 3.8) is 0 Å². The summed E-state index contributed by atoms with van der Waals surface area (Å²) < 4.78 is 21.1. The van der Waals surface area contributed by atoms with Crippen LogP contribution in [0.15, 0.2) is 30.6 Å². The summed E-state index contributed by atoms with van der Waals surface area (Å²) in [6.45, 7) is 0.475. The molecule has 0 atom stereocenters. The summed E-state index contributed by atoms with van der Waals surface area (Å²) in [5, 5.41) is 4.08. The van der Waals surface area contributed by atoms with Gasteiger partial charge >= 0.3 is 0 Å². The maximum atomic E-state index is 13.8. The van der Waals surface area contributed by atoms with Crippen LogP contribution in [0.25, 0.3) is 0 Å². The Kier molecular flexibility index (Phi) is 5.65. The van der Waals surface area contributed by atoms with Crippen molar-refractivity contribution in [3.05, 3.63) is 47.5 Å². The first kappa shape index (κ1) is 15.4. The van der Waals surface area contributed by atoms with E-state index in [1.54, 1.807) is 23.0 Å². The lowest BCUT2D eigenvalue weighted by molar-refractivity contribution is 0.320. The second-order valence-corrected chi connectivity index (χ2v) is 4.88. The Morgan fingerprint density at radius 1 is 1.43 bits per heavy atom. The van der Waals surface area contributed by atoms with Crippen LogP contribution in [-0.2, 0) is 13.5 Å². The van der Waals surface area contributed by atoms with Crippen molar-refractivity contribution in [1.82, 2.24) is 9.78 Å². The molecule has 0 N–H and O–H groups in total. The van der Waals surface area contributed by atoms with Crippen molar-refractivity contribution < 1.29 is 9.13 Å². The number of hydrogen-bond donors (Lipinski definition) is 0. The highest BCUT2D eigenvalue weighted by molar-refractivity contribution is 6.18. The predicted octanol–water partition coefficient (Wildman–Crippen LogP) is 3.16. The molecular formula is C16H16ClFN2O. The standard InChI is InChI=1S/C16H16ClFN2O/c1-20-12-13(11-19-20)7-9-21-15-6-5-14(16(18)10-15)4-2-3-8-17/h5-6,10-12H,3,7-9H2,1H3. The first-order chi connectivity index (χ1) is 10.2. The molecule has 2 aromatic rings. The quantitative estimate of drug-likeness (QED) is 0.627. The van der Waals surface area contributed by atoms with E-state index in [-0.39, 0.29) is 5.82 Å². The fourth-order valence-corrected chi connectivity index (χ4v) is 1.87. The molecule has 5 heteroatoms. The number of ether oxygens (including phenoxy) is 1. The molecule has 0 spiro atoms. The lowest BCUT2D eigenvalue weighted by atomic mass is 10.2. The highest BCUT2D eigenvalue weighted by Crippen LogP contribution is 2.16. The van der Waals surface area contributed by atoms with E-state index in [0.717, 1.165) is 12.0 Å². The molecule has 0 aliphatic rings. The van der Waals surface area contributed by atoms with E-state index in [9.17, 15) is 4.39 Å². The summed E-state index contributed by atoms with van der Waals surface area (Å²) in [5.74, 6) is 6.13. The van der Waals surface area contributed by atoms with Crippen molar-refractivity contribution >= 4 is 11.6 Å². The number of benzene rings is 1. The average Bonchev–Trinajstić information content (AvgIpc) is 2.87. The van der Waals surface area contributed by atoms with Crippen LogP contribution in [0, 0.1) is 17.7 Å². The number of hydrogen-bond acceptors (Lipinski definition) is 2. The third-order valence-corrected chi connectivity index (χ3v) is 2.99. The van der Waals surface area contributed by atoms with E-state index >= 15 is 0 Å². The van der Waals surface area contributed by atoms with E-state index in [1.165, 1.54) is 6.07 Å². The molecule has 0 aliphatic carbocycles. The number of aromatic nitrogens is 2. The molecule has 1 aromatic carbocycles. The molecule has 0 unspecified atom stereocenters. The Hall–Kier alpha value is -1.99. The molecule has 0 amide bonds. The molecule has 110 valence electrons. The van der Waals surface area contributed by atoms with Gasteiger partial charge in [0.1, 0.15) is 11.6 Å². The molecule has 0 fully saturated rings. The fraction of sp³-hybridized carbons (Fsp3) is 0.312. The van der Waals surface area contributed by atoms with E-state index in [0.29, 0.717) is 30.2 Å². The maximum absolute atomic E-state index is 13.8. The van der Waals surface area contributed by atoms with Gasteiger partial charge in [0.15, 0.2) is 0 Å². The van der Waals surface area contributed by atoms with Gasteiger partial charge in [-0.25, -0.2) is 4.39 Å². The van der Waals surface area contributed by atoms with Crippen LogP contribution in [0.2, 0.25) is 0 Å². The molecule has 0 radical (unpaired) electrons. The molecule has 0 aliphatic heterocycles. The van der Waals surface area contributed by atoms with E-state index < -0.39 is 0 Å². The second-order valence-electron chi connectivity index (χ2n) is 4.50. The summed E-state index contributed by atoms with van der Waals surface area (Å²) in [7, 11) is 1.86. The largest absolute Gasteiger partial charge is 0.493 e. The van der Waals surface area contributed by atoms with Gasteiger partial charge in [0.05, 0.1) is 18.4 Å². The molecule has 21 heavy (non-hydrogen) atoms. The zero-order valence-corrected chi connectivity index (χ0v) is 12.5. The summed E-state index contributed by atoms with van der Waals surface area (Å²) >= 11 is 5.52. The lowest BCUT2D eigenvalue weighted by Gasteiger charge is -2.05. The molecule has 0 bridgehead atoms. The Morgan fingerprint density at radius 3 is 2.95 bits per heavy atom.